The molecule has 5 heteroatoms. The van der Waals surface area contributed by atoms with Crippen molar-refractivity contribution in [3.63, 3.8) is 0 Å². The number of nitrogens with zero attached hydrogens (tertiary/aromatic N) is 1. The molecular formula is C15H15N3O2. The highest BCUT2D eigenvalue weighted by Gasteiger charge is 2.20. The molecule has 1 fully saturated rings. The molecule has 1 saturated carbocycles. The van der Waals surface area contributed by atoms with E-state index >= 15 is 0 Å². The molecule has 1 amide bonds. The Morgan fingerprint density at radius 3 is 2.75 bits per heavy atom. The van der Waals surface area contributed by atoms with E-state index in [1.165, 1.54) is 13.1 Å². The summed E-state index contributed by atoms with van der Waals surface area (Å²) >= 11 is 0. The maximum Gasteiger partial charge on any atom is 0.267 e. The van der Waals surface area contributed by atoms with Crippen LogP contribution >= 0.6 is 0 Å². The van der Waals surface area contributed by atoms with Gasteiger partial charge in [-0.15, -0.1) is 0 Å². The summed E-state index contributed by atoms with van der Waals surface area (Å²) in [5, 5.41) is 14.6. The van der Waals surface area contributed by atoms with Crippen molar-refractivity contribution in [2.24, 2.45) is 0 Å². The van der Waals surface area contributed by atoms with Crippen LogP contribution in [0.5, 0.6) is 0 Å². The summed E-state index contributed by atoms with van der Waals surface area (Å²) in [7, 11) is 0. The zero-order valence-corrected chi connectivity index (χ0v) is 11.1. The number of Topliss-reactive ketones (excluding diaryl/α,β-unsaturated/α-hetero) is 1. The van der Waals surface area contributed by atoms with Crippen molar-refractivity contribution in [1.82, 2.24) is 5.32 Å². The van der Waals surface area contributed by atoms with Crippen LogP contribution < -0.4 is 10.6 Å². The number of hydrogen-bond donors (Lipinski definition) is 2. The van der Waals surface area contributed by atoms with Crippen LogP contribution in [0.3, 0.4) is 0 Å². The van der Waals surface area contributed by atoms with Gasteiger partial charge in [0, 0.05) is 23.5 Å². The lowest BCUT2D eigenvalue weighted by Crippen LogP contribution is -2.17. The lowest BCUT2D eigenvalue weighted by molar-refractivity contribution is -0.112. The Hall–Kier alpha value is -2.61. The van der Waals surface area contributed by atoms with Gasteiger partial charge in [0.1, 0.15) is 11.6 Å². The molecule has 5 nitrogen and oxygen atoms in total. The molecule has 2 rings (SSSR count). The van der Waals surface area contributed by atoms with E-state index in [4.69, 9.17) is 5.26 Å². The minimum absolute atomic E-state index is 0.0186. The third-order valence-corrected chi connectivity index (χ3v) is 2.93. The molecule has 20 heavy (non-hydrogen) atoms. The molecule has 0 atom stereocenters. The van der Waals surface area contributed by atoms with Crippen LogP contribution in [0.2, 0.25) is 0 Å². The van der Waals surface area contributed by atoms with Gasteiger partial charge in [0.05, 0.1) is 0 Å². The lowest BCUT2D eigenvalue weighted by atomic mass is 10.1. The molecule has 1 aliphatic carbocycles. The molecule has 102 valence electrons. The molecule has 0 heterocycles. The van der Waals surface area contributed by atoms with Gasteiger partial charge in [0.25, 0.3) is 5.91 Å². The molecule has 0 aromatic heterocycles. The second-order valence-corrected chi connectivity index (χ2v) is 4.70. The summed E-state index contributed by atoms with van der Waals surface area (Å²) in [5.74, 6) is -0.561. The fourth-order valence-corrected chi connectivity index (χ4v) is 1.61. The van der Waals surface area contributed by atoms with Gasteiger partial charge in [-0.3, -0.25) is 9.59 Å². The Morgan fingerprint density at radius 2 is 2.15 bits per heavy atom. The standard InChI is InChI=1S/C15H15N3O2/c1-10(19)11-3-2-4-14(7-11)18-15(20)12(8-16)9-17-13-5-6-13/h2-4,7,9,13,17H,5-6H2,1H3,(H,18,20)/b12-9-. The quantitative estimate of drug-likeness (QED) is 0.486. The van der Waals surface area contributed by atoms with Crippen LogP contribution in [0, 0.1) is 11.3 Å². The number of ketones is 1. The molecule has 0 aliphatic heterocycles. The third kappa shape index (κ3) is 3.69. The SMILES string of the molecule is CC(=O)c1cccc(NC(=O)/C(C#N)=C\NC2CC2)c1. The highest BCUT2D eigenvalue weighted by atomic mass is 16.1. The minimum atomic E-state index is -0.485. The van der Waals surface area contributed by atoms with E-state index < -0.39 is 5.91 Å². The smallest absolute Gasteiger partial charge is 0.267 e. The molecule has 0 spiro atoms. The Labute approximate surface area is 117 Å². The van der Waals surface area contributed by atoms with E-state index in [2.05, 4.69) is 10.6 Å². The second kappa shape index (κ2) is 6.02. The Balaban J connectivity index is 2.05. The summed E-state index contributed by atoms with van der Waals surface area (Å²) in [6, 6.07) is 8.86. The topological polar surface area (TPSA) is 82.0 Å². The van der Waals surface area contributed by atoms with E-state index in [0.717, 1.165) is 12.8 Å². The van der Waals surface area contributed by atoms with Gasteiger partial charge >= 0.3 is 0 Å². The van der Waals surface area contributed by atoms with Crippen LogP contribution in [0.4, 0.5) is 5.69 Å². The van der Waals surface area contributed by atoms with Gasteiger partial charge < -0.3 is 10.6 Å². The fraction of sp³-hybridized carbons (Fsp3) is 0.267. The van der Waals surface area contributed by atoms with Gasteiger partial charge in [-0.1, -0.05) is 12.1 Å². The number of carbonyl (C=O) groups is 2. The first-order valence-corrected chi connectivity index (χ1v) is 6.39. The first kappa shape index (κ1) is 13.8. The van der Waals surface area contributed by atoms with E-state index in [1.54, 1.807) is 24.3 Å². The minimum Gasteiger partial charge on any atom is -0.387 e. The lowest BCUT2D eigenvalue weighted by Gasteiger charge is -2.06. The van der Waals surface area contributed by atoms with Crippen molar-refractivity contribution in [3.8, 4) is 6.07 Å². The molecule has 0 radical (unpaired) electrons. The number of rotatable bonds is 5. The van der Waals surface area contributed by atoms with Crippen molar-refractivity contribution in [3.05, 3.63) is 41.6 Å². The summed E-state index contributed by atoms with van der Waals surface area (Å²) < 4.78 is 0. The summed E-state index contributed by atoms with van der Waals surface area (Å²) in [4.78, 5) is 23.2. The van der Waals surface area contributed by atoms with Crippen LogP contribution in [0.15, 0.2) is 36.0 Å². The maximum atomic E-state index is 11.9. The molecule has 1 aromatic rings. The number of anilines is 1. The van der Waals surface area contributed by atoms with Crippen molar-refractivity contribution in [2.45, 2.75) is 25.8 Å². The third-order valence-electron chi connectivity index (χ3n) is 2.93. The monoisotopic (exact) mass is 269 g/mol. The van der Waals surface area contributed by atoms with Crippen LogP contribution in [0.25, 0.3) is 0 Å². The number of nitriles is 1. The number of nitrogens with one attached hydrogen (secondary N) is 2. The Bertz CT molecular complexity index is 610. The van der Waals surface area contributed by atoms with Crippen molar-refractivity contribution in [2.75, 3.05) is 5.32 Å². The summed E-state index contributed by atoms with van der Waals surface area (Å²) in [6.07, 6.45) is 3.58. The predicted molar refractivity (Wildman–Crippen MR) is 74.9 cm³/mol. The molecule has 1 aromatic carbocycles. The number of hydrogen-bond acceptors (Lipinski definition) is 4. The van der Waals surface area contributed by atoms with Crippen molar-refractivity contribution in [1.29, 1.82) is 5.26 Å². The van der Waals surface area contributed by atoms with Gasteiger partial charge in [-0.25, -0.2) is 0 Å². The largest absolute Gasteiger partial charge is 0.387 e. The van der Waals surface area contributed by atoms with Crippen LogP contribution in [-0.4, -0.2) is 17.7 Å². The fourth-order valence-electron chi connectivity index (χ4n) is 1.61. The molecule has 2 N–H and O–H groups in total. The van der Waals surface area contributed by atoms with Gasteiger partial charge in [0.15, 0.2) is 5.78 Å². The average Bonchev–Trinajstić information content (AvgIpc) is 3.24. The second-order valence-electron chi connectivity index (χ2n) is 4.70. The Kier molecular flexibility index (Phi) is 4.16. The Morgan fingerprint density at radius 1 is 1.40 bits per heavy atom. The van der Waals surface area contributed by atoms with Gasteiger partial charge in [-0.05, 0) is 31.9 Å². The molecule has 0 saturated heterocycles. The van der Waals surface area contributed by atoms with Gasteiger partial charge in [0.2, 0.25) is 0 Å². The normalized spacial score (nSPS) is 14.3. The highest BCUT2D eigenvalue weighted by molar-refractivity contribution is 6.07. The molecule has 0 unspecified atom stereocenters. The highest BCUT2D eigenvalue weighted by Crippen LogP contribution is 2.19. The van der Waals surface area contributed by atoms with E-state index in [-0.39, 0.29) is 11.4 Å². The zero-order chi connectivity index (χ0) is 14.5. The van der Waals surface area contributed by atoms with Crippen molar-refractivity contribution < 1.29 is 9.59 Å². The molecule has 1 aliphatic rings. The first-order valence-electron chi connectivity index (χ1n) is 6.39. The summed E-state index contributed by atoms with van der Waals surface area (Å²) in [5.41, 5.74) is 1.03. The number of benzene rings is 1. The van der Waals surface area contributed by atoms with Gasteiger partial charge in [-0.2, -0.15) is 5.26 Å². The molecular weight excluding hydrogens is 254 g/mol. The van der Waals surface area contributed by atoms with Crippen LogP contribution in [-0.2, 0) is 4.79 Å². The molecule has 0 bridgehead atoms. The van der Waals surface area contributed by atoms with Crippen molar-refractivity contribution >= 4 is 17.4 Å². The van der Waals surface area contributed by atoms with E-state index in [1.807, 2.05) is 6.07 Å². The summed E-state index contributed by atoms with van der Waals surface area (Å²) in [6.45, 7) is 1.46. The average molecular weight is 269 g/mol. The van der Waals surface area contributed by atoms with Crippen LogP contribution in [0.1, 0.15) is 30.1 Å². The van der Waals surface area contributed by atoms with E-state index in [0.29, 0.717) is 17.3 Å². The predicted octanol–water partition coefficient (Wildman–Crippen LogP) is 1.99. The zero-order valence-electron chi connectivity index (χ0n) is 11.1. The number of carbonyl (C=O) groups excluding carboxylic acids is 2. The maximum absolute atomic E-state index is 11.9. The van der Waals surface area contributed by atoms with E-state index in [9.17, 15) is 9.59 Å². The number of amides is 1. The first-order chi connectivity index (χ1) is 9.60.